The standard InChI is InChI=1S/C12H17Cl2N3O2S/c1-16(9-10-2-3-11(13)8-12(10)14)20(18,19)17-6-4-15-5-7-17/h2-3,8,15H,4-7,9H2,1H3. The first kappa shape index (κ1) is 16.0. The molecule has 0 atom stereocenters. The van der Waals surface area contributed by atoms with E-state index < -0.39 is 10.2 Å². The second-order valence-corrected chi connectivity index (χ2v) is 7.53. The molecule has 0 amide bonds. The molecule has 1 aliphatic rings. The van der Waals surface area contributed by atoms with Gasteiger partial charge in [-0.15, -0.1) is 0 Å². The van der Waals surface area contributed by atoms with E-state index >= 15 is 0 Å². The van der Waals surface area contributed by atoms with Crippen molar-refractivity contribution in [2.75, 3.05) is 33.2 Å². The van der Waals surface area contributed by atoms with Crippen LogP contribution in [0.2, 0.25) is 10.0 Å². The monoisotopic (exact) mass is 337 g/mol. The number of nitrogens with one attached hydrogen (secondary N) is 1. The zero-order valence-electron chi connectivity index (χ0n) is 11.1. The Morgan fingerprint density at radius 3 is 2.55 bits per heavy atom. The van der Waals surface area contributed by atoms with Crippen LogP contribution in [-0.4, -0.2) is 50.3 Å². The zero-order valence-corrected chi connectivity index (χ0v) is 13.5. The summed E-state index contributed by atoms with van der Waals surface area (Å²) in [6.45, 7) is 2.55. The first-order chi connectivity index (χ1) is 9.41. The second kappa shape index (κ2) is 6.60. The van der Waals surface area contributed by atoms with Crippen molar-refractivity contribution in [3.8, 4) is 0 Å². The minimum atomic E-state index is -3.45. The van der Waals surface area contributed by atoms with Gasteiger partial charge in [0.25, 0.3) is 10.2 Å². The SMILES string of the molecule is CN(Cc1ccc(Cl)cc1Cl)S(=O)(=O)N1CCNCC1. The molecule has 0 spiro atoms. The molecule has 0 bridgehead atoms. The third-order valence-electron chi connectivity index (χ3n) is 3.20. The van der Waals surface area contributed by atoms with Crippen LogP contribution in [0.25, 0.3) is 0 Å². The highest BCUT2D eigenvalue weighted by molar-refractivity contribution is 7.86. The van der Waals surface area contributed by atoms with Crippen LogP contribution < -0.4 is 5.32 Å². The summed E-state index contributed by atoms with van der Waals surface area (Å²) in [6, 6.07) is 5.06. The van der Waals surface area contributed by atoms with E-state index in [-0.39, 0.29) is 6.54 Å². The van der Waals surface area contributed by atoms with Gasteiger partial charge in [0.15, 0.2) is 0 Å². The van der Waals surface area contributed by atoms with Crippen LogP contribution in [0.5, 0.6) is 0 Å². The van der Waals surface area contributed by atoms with Gasteiger partial charge in [0.2, 0.25) is 0 Å². The number of rotatable bonds is 4. The van der Waals surface area contributed by atoms with E-state index in [9.17, 15) is 8.42 Å². The zero-order chi connectivity index (χ0) is 14.8. The number of hydrogen-bond acceptors (Lipinski definition) is 3. The minimum absolute atomic E-state index is 0.224. The highest BCUT2D eigenvalue weighted by Gasteiger charge is 2.28. The van der Waals surface area contributed by atoms with Gasteiger partial charge in [-0.25, -0.2) is 0 Å². The van der Waals surface area contributed by atoms with E-state index in [4.69, 9.17) is 23.2 Å². The van der Waals surface area contributed by atoms with E-state index in [1.807, 2.05) is 0 Å². The van der Waals surface area contributed by atoms with Gasteiger partial charge in [-0.05, 0) is 17.7 Å². The van der Waals surface area contributed by atoms with E-state index in [0.717, 1.165) is 5.56 Å². The van der Waals surface area contributed by atoms with Crippen molar-refractivity contribution < 1.29 is 8.42 Å². The molecule has 1 fully saturated rings. The Morgan fingerprint density at radius 2 is 1.95 bits per heavy atom. The number of nitrogens with zero attached hydrogens (tertiary/aromatic N) is 2. The molecule has 1 saturated heterocycles. The van der Waals surface area contributed by atoms with E-state index in [1.165, 1.54) is 8.61 Å². The van der Waals surface area contributed by atoms with Crippen molar-refractivity contribution in [2.45, 2.75) is 6.54 Å². The first-order valence-corrected chi connectivity index (χ1v) is 8.42. The molecule has 5 nitrogen and oxygen atoms in total. The molecule has 2 rings (SSSR count). The molecule has 0 unspecified atom stereocenters. The molecule has 8 heteroatoms. The predicted octanol–water partition coefficient (Wildman–Crippen LogP) is 1.58. The maximum Gasteiger partial charge on any atom is 0.282 e. The van der Waals surface area contributed by atoms with E-state index in [1.54, 1.807) is 25.2 Å². The maximum atomic E-state index is 12.4. The topological polar surface area (TPSA) is 52.7 Å². The number of hydrogen-bond donors (Lipinski definition) is 1. The molecule has 0 saturated carbocycles. The lowest BCUT2D eigenvalue weighted by Crippen LogP contribution is -2.50. The minimum Gasteiger partial charge on any atom is -0.314 e. The fourth-order valence-corrected chi connectivity index (χ4v) is 3.85. The molecule has 0 aromatic heterocycles. The summed E-state index contributed by atoms with van der Waals surface area (Å²) < 4.78 is 27.6. The third-order valence-corrected chi connectivity index (χ3v) is 5.73. The Bertz CT molecular complexity index is 574. The van der Waals surface area contributed by atoms with E-state index in [0.29, 0.717) is 36.2 Å². The molecule has 1 N–H and O–H groups in total. The highest BCUT2D eigenvalue weighted by atomic mass is 35.5. The van der Waals surface area contributed by atoms with Crippen LogP contribution in [0.15, 0.2) is 18.2 Å². The molecular weight excluding hydrogens is 321 g/mol. The second-order valence-electron chi connectivity index (χ2n) is 4.65. The highest BCUT2D eigenvalue weighted by Crippen LogP contribution is 2.23. The lowest BCUT2D eigenvalue weighted by atomic mass is 10.2. The van der Waals surface area contributed by atoms with Gasteiger partial charge in [-0.3, -0.25) is 0 Å². The Morgan fingerprint density at radius 1 is 1.30 bits per heavy atom. The molecule has 0 radical (unpaired) electrons. The molecule has 20 heavy (non-hydrogen) atoms. The summed E-state index contributed by atoms with van der Waals surface area (Å²) in [6.07, 6.45) is 0. The fourth-order valence-electron chi connectivity index (χ4n) is 2.04. The van der Waals surface area contributed by atoms with Crippen molar-refractivity contribution >= 4 is 33.4 Å². The van der Waals surface area contributed by atoms with Crippen LogP contribution in [0.3, 0.4) is 0 Å². The summed E-state index contributed by atoms with van der Waals surface area (Å²) in [5.74, 6) is 0. The van der Waals surface area contributed by atoms with Gasteiger partial charge in [-0.1, -0.05) is 29.3 Å². The predicted molar refractivity (Wildman–Crippen MR) is 81.3 cm³/mol. The molecule has 1 aliphatic heterocycles. The Kier molecular flexibility index (Phi) is 5.28. The normalized spacial score (nSPS) is 17.6. The quantitative estimate of drug-likeness (QED) is 0.907. The van der Waals surface area contributed by atoms with Crippen LogP contribution in [0.4, 0.5) is 0 Å². The fraction of sp³-hybridized carbons (Fsp3) is 0.500. The molecule has 1 aromatic carbocycles. The molecular formula is C12H17Cl2N3O2S. The van der Waals surface area contributed by atoms with Crippen molar-refractivity contribution in [3.05, 3.63) is 33.8 Å². The third kappa shape index (κ3) is 3.63. The lowest BCUT2D eigenvalue weighted by Gasteiger charge is -2.30. The largest absolute Gasteiger partial charge is 0.314 e. The van der Waals surface area contributed by atoms with Crippen LogP contribution in [0.1, 0.15) is 5.56 Å². The molecule has 1 aromatic rings. The van der Waals surface area contributed by atoms with Gasteiger partial charge in [0.05, 0.1) is 0 Å². The summed E-state index contributed by atoms with van der Waals surface area (Å²) in [5.41, 5.74) is 0.734. The van der Waals surface area contributed by atoms with Gasteiger partial charge in [0, 0.05) is 49.8 Å². The van der Waals surface area contributed by atoms with Crippen molar-refractivity contribution in [2.24, 2.45) is 0 Å². The maximum absolute atomic E-state index is 12.4. The van der Waals surface area contributed by atoms with Crippen LogP contribution in [-0.2, 0) is 16.8 Å². The average molecular weight is 338 g/mol. The summed E-state index contributed by atoms with van der Waals surface area (Å²) in [4.78, 5) is 0. The van der Waals surface area contributed by atoms with Crippen molar-refractivity contribution in [1.82, 2.24) is 13.9 Å². The van der Waals surface area contributed by atoms with Crippen LogP contribution >= 0.6 is 23.2 Å². The van der Waals surface area contributed by atoms with Gasteiger partial charge >= 0.3 is 0 Å². The summed E-state index contributed by atoms with van der Waals surface area (Å²) in [5, 5.41) is 4.14. The smallest absolute Gasteiger partial charge is 0.282 e. The Hall–Kier alpha value is -0.370. The van der Waals surface area contributed by atoms with Gasteiger partial charge in [0.1, 0.15) is 0 Å². The van der Waals surface area contributed by atoms with Crippen LogP contribution in [0, 0.1) is 0 Å². The number of piperazine rings is 1. The molecule has 0 aliphatic carbocycles. The lowest BCUT2D eigenvalue weighted by molar-refractivity contribution is 0.324. The van der Waals surface area contributed by atoms with Crippen molar-refractivity contribution in [1.29, 1.82) is 0 Å². The molecule has 112 valence electrons. The van der Waals surface area contributed by atoms with Crippen molar-refractivity contribution in [3.63, 3.8) is 0 Å². The van der Waals surface area contributed by atoms with E-state index in [2.05, 4.69) is 5.32 Å². The average Bonchev–Trinajstić information content (AvgIpc) is 2.42. The molecule has 1 heterocycles. The van der Waals surface area contributed by atoms with Gasteiger partial charge in [-0.2, -0.15) is 17.0 Å². The first-order valence-electron chi connectivity index (χ1n) is 6.27. The Labute approximate surface area is 129 Å². The Balaban J connectivity index is 2.12. The summed E-state index contributed by atoms with van der Waals surface area (Å²) >= 11 is 11.9. The van der Waals surface area contributed by atoms with Gasteiger partial charge < -0.3 is 5.32 Å². The summed E-state index contributed by atoms with van der Waals surface area (Å²) in [7, 11) is -1.89. The number of benzene rings is 1. The number of halogens is 2.